The predicted molar refractivity (Wildman–Crippen MR) is 107 cm³/mol. The van der Waals surface area contributed by atoms with Crippen LogP contribution in [-0.4, -0.2) is 22.5 Å². The van der Waals surface area contributed by atoms with Gasteiger partial charge in [-0.2, -0.15) is 0 Å². The molecule has 136 valence electrons. The molecule has 2 heterocycles. The Bertz CT molecular complexity index is 969. The number of aromatic nitrogens is 2. The van der Waals surface area contributed by atoms with Crippen LogP contribution in [0.15, 0.2) is 24.5 Å². The number of nitrogens with zero attached hydrogens (tertiary/aromatic N) is 2. The molecular formula is C19H20ClN3O2S. The maximum Gasteiger partial charge on any atom is 0.348 e. The topological polar surface area (TPSA) is 64.1 Å². The summed E-state index contributed by atoms with van der Waals surface area (Å²) in [7, 11) is 0. The Morgan fingerprint density at radius 2 is 2.04 bits per heavy atom. The van der Waals surface area contributed by atoms with Crippen LogP contribution in [0.5, 0.6) is 0 Å². The standard InChI is InChI=1S/C19H20ClN3O2S/c1-10(2)8-25-19(24)16-12(4)15-17(21-9-22-18(15)26-16)23-14-7-5-6-13(20)11(14)3/h5-7,9-10H,8H2,1-4H3,(H,21,22,23). The van der Waals surface area contributed by atoms with Crippen molar-refractivity contribution >= 4 is 50.6 Å². The highest BCUT2D eigenvalue weighted by Crippen LogP contribution is 2.36. The lowest BCUT2D eigenvalue weighted by Gasteiger charge is -2.11. The number of thiophene rings is 1. The monoisotopic (exact) mass is 389 g/mol. The molecule has 3 aromatic rings. The van der Waals surface area contributed by atoms with Gasteiger partial charge in [-0.15, -0.1) is 11.3 Å². The summed E-state index contributed by atoms with van der Waals surface area (Å²) in [6.07, 6.45) is 1.49. The molecule has 26 heavy (non-hydrogen) atoms. The Morgan fingerprint density at radius 3 is 2.77 bits per heavy atom. The largest absolute Gasteiger partial charge is 0.461 e. The molecule has 0 aliphatic heterocycles. The molecule has 0 aliphatic rings. The fourth-order valence-corrected chi connectivity index (χ4v) is 3.76. The zero-order chi connectivity index (χ0) is 18.8. The molecule has 0 spiro atoms. The van der Waals surface area contributed by atoms with E-state index in [0.717, 1.165) is 27.0 Å². The summed E-state index contributed by atoms with van der Waals surface area (Å²) in [5, 5.41) is 4.83. The number of benzene rings is 1. The van der Waals surface area contributed by atoms with E-state index in [4.69, 9.17) is 16.3 Å². The van der Waals surface area contributed by atoms with Crippen molar-refractivity contribution in [2.45, 2.75) is 27.7 Å². The van der Waals surface area contributed by atoms with Gasteiger partial charge < -0.3 is 10.1 Å². The second-order valence-electron chi connectivity index (χ2n) is 6.49. The van der Waals surface area contributed by atoms with Gasteiger partial charge in [0, 0.05) is 10.7 Å². The molecule has 0 saturated heterocycles. The Hall–Kier alpha value is -2.18. The summed E-state index contributed by atoms with van der Waals surface area (Å²) < 4.78 is 5.38. The van der Waals surface area contributed by atoms with E-state index in [1.807, 2.05) is 45.9 Å². The SMILES string of the molecule is Cc1c(Cl)cccc1Nc1ncnc2sc(C(=O)OCC(C)C)c(C)c12. The second kappa shape index (κ2) is 7.60. The summed E-state index contributed by atoms with van der Waals surface area (Å²) in [6, 6.07) is 5.66. The number of esters is 1. The van der Waals surface area contributed by atoms with Crippen LogP contribution >= 0.6 is 22.9 Å². The average Bonchev–Trinajstić information content (AvgIpc) is 2.95. The summed E-state index contributed by atoms with van der Waals surface area (Å²) in [4.78, 5) is 22.4. The third-order valence-corrected chi connectivity index (χ3v) is 5.57. The Kier molecular flexibility index (Phi) is 5.44. The molecule has 0 bridgehead atoms. The minimum absolute atomic E-state index is 0.288. The number of aryl methyl sites for hydroxylation is 1. The number of ether oxygens (including phenoxy) is 1. The number of anilines is 2. The molecule has 2 aromatic heterocycles. The van der Waals surface area contributed by atoms with Gasteiger partial charge in [-0.05, 0) is 43.0 Å². The van der Waals surface area contributed by atoms with Gasteiger partial charge in [0.15, 0.2) is 0 Å². The van der Waals surface area contributed by atoms with Gasteiger partial charge in [-0.3, -0.25) is 0 Å². The molecule has 7 heteroatoms. The van der Waals surface area contributed by atoms with E-state index in [1.54, 1.807) is 0 Å². The van der Waals surface area contributed by atoms with Crippen LogP contribution in [0.3, 0.4) is 0 Å². The van der Waals surface area contributed by atoms with Crippen molar-refractivity contribution in [3.8, 4) is 0 Å². The lowest BCUT2D eigenvalue weighted by atomic mass is 10.1. The first kappa shape index (κ1) is 18.6. The molecule has 0 atom stereocenters. The second-order valence-corrected chi connectivity index (χ2v) is 7.89. The predicted octanol–water partition coefficient (Wildman–Crippen LogP) is 5.52. The lowest BCUT2D eigenvalue weighted by Crippen LogP contribution is -2.09. The average molecular weight is 390 g/mol. The van der Waals surface area contributed by atoms with Crippen molar-refractivity contribution in [2.24, 2.45) is 5.92 Å². The molecule has 0 unspecified atom stereocenters. The van der Waals surface area contributed by atoms with Crippen LogP contribution in [-0.2, 0) is 4.74 Å². The quantitative estimate of drug-likeness (QED) is 0.582. The van der Waals surface area contributed by atoms with E-state index in [9.17, 15) is 4.79 Å². The molecule has 5 nitrogen and oxygen atoms in total. The first-order valence-electron chi connectivity index (χ1n) is 8.31. The van der Waals surface area contributed by atoms with Crippen molar-refractivity contribution in [1.29, 1.82) is 0 Å². The van der Waals surface area contributed by atoms with Gasteiger partial charge in [0.1, 0.15) is 21.9 Å². The van der Waals surface area contributed by atoms with Gasteiger partial charge in [0.25, 0.3) is 0 Å². The van der Waals surface area contributed by atoms with Crippen LogP contribution in [0.2, 0.25) is 5.02 Å². The van der Waals surface area contributed by atoms with Gasteiger partial charge in [0.05, 0.1) is 12.0 Å². The minimum atomic E-state index is -0.316. The van der Waals surface area contributed by atoms with E-state index < -0.39 is 0 Å². The van der Waals surface area contributed by atoms with Crippen molar-refractivity contribution in [1.82, 2.24) is 9.97 Å². The molecule has 0 radical (unpaired) electrons. The molecule has 0 amide bonds. The molecular weight excluding hydrogens is 370 g/mol. The number of fused-ring (bicyclic) bond motifs is 1. The van der Waals surface area contributed by atoms with Crippen LogP contribution < -0.4 is 5.32 Å². The van der Waals surface area contributed by atoms with Gasteiger partial charge in [-0.1, -0.05) is 31.5 Å². The molecule has 3 rings (SSSR count). The number of hydrogen-bond donors (Lipinski definition) is 1. The molecule has 0 fully saturated rings. The molecule has 1 N–H and O–H groups in total. The smallest absolute Gasteiger partial charge is 0.348 e. The maximum atomic E-state index is 12.4. The van der Waals surface area contributed by atoms with E-state index in [0.29, 0.717) is 22.3 Å². The van der Waals surface area contributed by atoms with Crippen LogP contribution in [0, 0.1) is 19.8 Å². The van der Waals surface area contributed by atoms with Gasteiger partial charge >= 0.3 is 5.97 Å². The Balaban J connectivity index is 2.00. The van der Waals surface area contributed by atoms with Crippen LogP contribution in [0.1, 0.15) is 34.6 Å². The fraction of sp³-hybridized carbons (Fsp3) is 0.316. The first-order chi connectivity index (χ1) is 12.4. The molecule has 1 aromatic carbocycles. The zero-order valence-corrected chi connectivity index (χ0v) is 16.7. The third-order valence-electron chi connectivity index (χ3n) is 3.98. The van der Waals surface area contributed by atoms with Crippen molar-refractivity contribution < 1.29 is 9.53 Å². The minimum Gasteiger partial charge on any atom is -0.461 e. The van der Waals surface area contributed by atoms with E-state index in [2.05, 4.69) is 15.3 Å². The number of hydrogen-bond acceptors (Lipinski definition) is 6. The number of halogens is 1. The maximum absolute atomic E-state index is 12.4. The number of carbonyl (C=O) groups is 1. The highest BCUT2D eigenvalue weighted by Gasteiger charge is 2.21. The Morgan fingerprint density at radius 1 is 1.27 bits per heavy atom. The third kappa shape index (κ3) is 3.66. The van der Waals surface area contributed by atoms with Gasteiger partial charge in [-0.25, -0.2) is 14.8 Å². The summed E-state index contributed by atoms with van der Waals surface area (Å²) in [5.74, 6) is 0.623. The number of carbonyl (C=O) groups excluding carboxylic acids is 1. The van der Waals surface area contributed by atoms with Crippen LogP contribution in [0.25, 0.3) is 10.2 Å². The van der Waals surface area contributed by atoms with Crippen molar-refractivity contribution in [3.63, 3.8) is 0 Å². The fourth-order valence-electron chi connectivity index (χ4n) is 2.54. The highest BCUT2D eigenvalue weighted by atomic mass is 35.5. The van der Waals surface area contributed by atoms with E-state index in [-0.39, 0.29) is 11.9 Å². The van der Waals surface area contributed by atoms with E-state index >= 15 is 0 Å². The Labute approximate surface area is 161 Å². The normalized spacial score (nSPS) is 11.2. The highest BCUT2D eigenvalue weighted by molar-refractivity contribution is 7.20. The van der Waals surface area contributed by atoms with Crippen molar-refractivity contribution in [2.75, 3.05) is 11.9 Å². The zero-order valence-electron chi connectivity index (χ0n) is 15.1. The number of nitrogens with one attached hydrogen (secondary N) is 1. The lowest BCUT2D eigenvalue weighted by molar-refractivity contribution is 0.0464. The van der Waals surface area contributed by atoms with Crippen molar-refractivity contribution in [3.05, 3.63) is 45.6 Å². The molecule has 0 saturated carbocycles. The summed E-state index contributed by atoms with van der Waals surface area (Å²) in [5.41, 5.74) is 2.62. The summed E-state index contributed by atoms with van der Waals surface area (Å²) >= 11 is 7.53. The molecule has 0 aliphatic carbocycles. The van der Waals surface area contributed by atoms with Gasteiger partial charge in [0.2, 0.25) is 0 Å². The van der Waals surface area contributed by atoms with E-state index in [1.165, 1.54) is 17.7 Å². The summed E-state index contributed by atoms with van der Waals surface area (Å²) in [6.45, 7) is 8.24. The first-order valence-corrected chi connectivity index (χ1v) is 9.51. The number of rotatable bonds is 5. The van der Waals surface area contributed by atoms with Crippen LogP contribution in [0.4, 0.5) is 11.5 Å².